The van der Waals surface area contributed by atoms with E-state index in [2.05, 4.69) is 15.2 Å². The summed E-state index contributed by atoms with van der Waals surface area (Å²) in [4.78, 5) is 31.4. The summed E-state index contributed by atoms with van der Waals surface area (Å²) >= 11 is 0. The number of nitrogens with zero attached hydrogens (tertiary/aromatic N) is 3. The number of hydrogen-bond donors (Lipinski definition) is 1. The Morgan fingerprint density at radius 1 is 1.26 bits per heavy atom. The van der Waals surface area contributed by atoms with Crippen LogP contribution in [0.5, 0.6) is 0 Å². The Morgan fingerprint density at radius 2 is 2.13 bits per heavy atom. The molecule has 1 aromatic heterocycles. The van der Waals surface area contributed by atoms with Gasteiger partial charge in [0.25, 0.3) is 5.91 Å². The van der Waals surface area contributed by atoms with Gasteiger partial charge >= 0.3 is 0 Å². The van der Waals surface area contributed by atoms with Crippen LogP contribution in [0.2, 0.25) is 0 Å². The molecule has 0 spiro atoms. The summed E-state index contributed by atoms with van der Waals surface area (Å²) in [5, 5.41) is 6.73. The number of aromatic nitrogens is 3. The predicted octanol–water partition coefficient (Wildman–Crippen LogP) is 2.24. The fourth-order valence-electron chi connectivity index (χ4n) is 3.92. The molecule has 1 fully saturated rings. The second kappa shape index (κ2) is 5.76. The van der Waals surface area contributed by atoms with Crippen LogP contribution in [-0.4, -0.2) is 38.3 Å². The number of carbonyl (C=O) groups is 2. The van der Waals surface area contributed by atoms with Crippen LogP contribution < -0.4 is 0 Å². The number of rotatable bonds is 2. The standard InChI is InChI=1S/C17H20N4O2/c22-15-9-12-5-2-1-4-11(12)8-13(15)17(23)21-7-3-6-14(21)16-18-10-19-20-16/h8,10,14H,1-7,9H2,(H,18,19,20)/t14-/m0/s1. The number of amides is 1. The number of carbonyl (C=O) groups excluding carboxylic acids is 2. The van der Waals surface area contributed by atoms with Crippen LogP contribution in [0.4, 0.5) is 0 Å². The zero-order chi connectivity index (χ0) is 15.8. The molecule has 0 radical (unpaired) electrons. The van der Waals surface area contributed by atoms with Crippen molar-refractivity contribution in [2.45, 2.75) is 51.0 Å². The summed E-state index contributed by atoms with van der Waals surface area (Å²) in [5.74, 6) is 0.530. The highest BCUT2D eigenvalue weighted by Crippen LogP contribution is 2.36. The minimum atomic E-state index is -0.147. The molecule has 1 saturated heterocycles. The van der Waals surface area contributed by atoms with E-state index in [9.17, 15) is 9.59 Å². The van der Waals surface area contributed by atoms with Crippen molar-refractivity contribution in [3.63, 3.8) is 0 Å². The number of H-pyrrole nitrogens is 1. The largest absolute Gasteiger partial charge is 0.328 e. The van der Waals surface area contributed by atoms with Crippen LogP contribution >= 0.6 is 0 Å². The number of nitrogens with one attached hydrogen (secondary N) is 1. The Morgan fingerprint density at radius 3 is 2.96 bits per heavy atom. The molecule has 1 aromatic rings. The second-order valence-electron chi connectivity index (χ2n) is 6.52. The molecule has 1 amide bonds. The van der Waals surface area contributed by atoms with Gasteiger partial charge < -0.3 is 4.90 Å². The summed E-state index contributed by atoms with van der Waals surface area (Å²) in [5.41, 5.74) is 2.82. The number of allylic oxidation sites excluding steroid dienone is 3. The van der Waals surface area contributed by atoms with Gasteiger partial charge in [0.05, 0.1) is 11.6 Å². The van der Waals surface area contributed by atoms with E-state index in [1.807, 2.05) is 6.08 Å². The van der Waals surface area contributed by atoms with Crippen molar-refractivity contribution in [2.75, 3.05) is 6.54 Å². The van der Waals surface area contributed by atoms with Crippen molar-refractivity contribution in [3.8, 4) is 0 Å². The molecule has 3 aliphatic rings. The van der Waals surface area contributed by atoms with E-state index in [0.29, 0.717) is 24.4 Å². The Labute approximate surface area is 134 Å². The van der Waals surface area contributed by atoms with E-state index in [-0.39, 0.29) is 17.7 Å². The van der Waals surface area contributed by atoms with Gasteiger partial charge in [-0.15, -0.1) is 0 Å². The van der Waals surface area contributed by atoms with Gasteiger partial charge in [-0.2, -0.15) is 5.10 Å². The molecule has 6 nitrogen and oxygen atoms in total. The van der Waals surface area contributed by atoms with Crippen LogP contribution in [0.15, 0.2) is 29.1 Å². The van der Waals surface area contributed by atoms with Gasteiger partial charge in [0.1, 0.15) is 12.2 Å². The fraction of sp³-hybridized carbons (Fsp3) is 0.529. The van der Waals surface area contributed by atoms with Crippen molar-refractivity contribution >= 4 is 11.7 Å². The molecule has 0 aromatic carbocycles. The molecule has 1 aliphatic heterocycles. The molecule has 2 heterocycles. The lowest BCUT2D eigenvalue weighted by Gasteiger charge is -2.27. The first-order valence-corrected chi connectivity index (χ1v) is 8.36. The number of likely N-dealkylation sites (tertiary alicyclic amines) is 1. The van der Waals surface area contributed by atoms with Crippen LogP contribution in [0.3, 0.4) is 0 Å². The van der Waals surface area contributed by atoms with Gasteiger partial charge in [-0.3, -0.25) is 14.7 Å². The fourth-order valence-corrected chi connectivity index (χ4v) is 3.92. The predicted molar refractivity (Wildman–Crippen MR) is 83.3 cm³/mol. The zero-order valence-electron chi connectivity index (χ0n) is 13.0. The van der Waals surface area contributed by atoms with E-state index in [0.717, 1.165) is 38.5 Å². The van der Waals surface area contributed by atoms with Crippen LogP contribution in [0.1, 0.15) is 56.8 Å². The average molecular weight is 312 g/mol. The van der Waals surface area contributed by atoms with Gasteiger partial charge in [-0.25, -0.2) is 4.98 Å². The zero-order valence-corrected chi connectivity index (χ0v) is 13.0. The van der Waals surface area contributed by atoms with Gasteiger partial charge in [-0.05, 0) is 50.2 Å². The number of Topliss-reactive ketones (excluding diaryl/α,β-unsaturated/α-hetero) is 1. The van der Waals surface area contributed by atoms with Crippen molar-refractivity contribution in [2.24, 2.45) is 0 Å². The second-order valence-corrected chi connectivity index (χ2v) is 6.52. The third kappa shape index (κ3) is 2.52. The first kappa shape index (κ1) is 14.4. The Bertz CT molecular complexity index is 702. The molecule has 1 N–H and O–H groups in total. The number of aromatic amines is 1. The van der Waals surface area contributed by atoms with Crippen LogP contribution in [0.25, 0.3) is 0 Å². The summed E-state index contributed by atoms with van der Waals surface area (Å²) in [6.07, 6.45) is 9.82. The molecule has 4 rings (SSSR count). The lowest BCUT2D eigenvalue weighted by molar-refractivity contribution is -0.130. The Hall–Kier alpha value is -2.24. The monoisotopic (exact) mass is 312 g/mol. The molecule has 23 heavy (non-hydrogen) atoms. The molecular weight excluding hydrogens is 292 g/mol. The SMILES string of the molecule is O=C1CC2=C(C=C1C(=O)N1CCC[C@H]1c1ncn[nH]1)CCCC2. The summed E-state index contributed by atoms with van der Waals surface area (Å²) in [7, 11) is 0. The van der Waals surface area contributed by atoms with Crippen molar-refractivity contribution in [1.82, 2.24) is 20.1 Å². The average Bonchev–Trinajstić information content (AvgIpc) is 3.24. The van der Waals surface area contributed by atoms with E-state index in [1.54, 1.807) is 4.90 Å². The van der Waals surface area contributed by atoms with Gasteiger partial charge in [0.15, 0.2) is 5.78 Å². The molecule has 120 valence electrons. The molecular formula is C17H20N4O2. The highest BCUT2D eigenvalue weighted by Gasteiger charge is 2.36. The van der Waals surface area contributed by atoms with Crippen LogP contribution in [0, 0.1) is 0 Å². The quantitative estimate of drug-likeness (QED) is 0.849. The molecule has 2 aliphatic carbocycles. The maximum Gasteiger partial charge on any atom is 0.258 e. The van der Waals surface area contributed by atoms with Gasteiger partial charge in [-0.1, -0.05) is 5.57 Å². The number of ketones is 1. The summed E-state index contributed by atoms with van der Waals surface area (Å²) < 4.78 is 0. The highest BCUT2D eigenvalue weighted by atomic mass is 16.2. The number of hydrogen-bond acceptors (Lipinski definition) is 4. The molecule has 0 unspecified atom stereocenters. The van der Waals surface area contributed by atoms with E-state index in [4.69, 9.17) is 0 Å². The molecule has 0 bridgehead atoms. The third-order valence-electron chi connectivity index (χ3n) is 5.12. The van der Waals surface area contributed by atoms with E-state index in [1.165, 1.54) is 17.5 Å². The summed E-state index contributed by atoms with van der Waals surface area (Å²) in [6, 6.07) is -0.0968. The molecule has 6 heteroatoms. The van der Waals surface area contributed by atoms with Crippen molar-refractivity contribution in [3.05, 3.63) is 34.9 Å². The molecule has 1 atom stereocenters. The lowest BCUT2D eigenvalue weighted by atomic mass is 9.82. The maximum absolute atomic E-state index is 12.9. The maximum atomic E-state index is 12.9. The first-order chi connectivity index (χ1) is 11.2. The van der Waals surface area contributed by atoms with Crippen LogP contribution in [-0.2, 0) is 9.59 Å². The summed E-state index contributed by atoms with van der Waals surface area (Å²) in [6.45, 7) is 0.667. The van der Waals surface area contributed by atoms with Crippen molar-refractivity contribution < 1.29 is 9.59 Å². The highest BCUT2D eigenvalue weighted by molar-refractivity contribution is 6.21. The van der Waals surface area contributed by atoms with Crippen molar-refractivity contribution in [1.29, 1.82) is 0 Å². The molecule has 0 saturated carbocycles. The normalized spacial score (nSPS) is 24.7. The minimum Gasteiger partial charge on any atom is -0.328 e. The lowest BCUT2D eigenvalue weighted by Crippen LogP contribution is -2.35. The third-order valence-corrected chi connectivity index (χ3v) is 5.12. The Balaban J connectivity index is 1.62. The van der Waals surface area contributed by atoms with E-state index >= 15 is 0 Å². The minimum absolute atomic E-state index is 0.0288. The Kier molecular flexibility index (Phi) is 3.59. The van der Waals surface area contributed by atoms with E-state index < -0.39 is 0 Å². The smallest absolute Gasteiger partial charge is 0.258 e. The first-order valence-electron chi connectivity index (χ1n) is 8.36. The van der Waals surface area contributed by atoms with Gasteiger partial charge in [0.2, 0.25) is 0 Å². The van der Waals surface area contributed by atoms with Gasteiger partial charge in [0, 0.05) is 13.0 Å². The topological polar surface area (TPSA) is 79.0 Å².